The van der Waals surface area contributed by atoms with Crippen molar-refractivity contribution in [2.24, 2.45) is 0 Å². The summed E-state index contributed by atoms with van der Waals surface area (Å²) in [5.41, 5.74) is 9.28. The van der Waals surface area contributed by atoms with Crippen molar-refractivity contribution in [2.75, 3.05) is 0 Å². The molecule has 7 aromatic carbocycles. The summed E-state index contributed by atoms with van der Waals surface area (Å²) in [6.07, 6.45) is 0. The molecule has 0 saturated carbocycles. The van der Waals surface area contributed by atoms with Crippen LogP contribution in [-0.4, -0.2) is 24.9 Å². The van der Waals surface area contributed by atoms with Crippen LogP contribution in [0.2, 0.25) is 0 Å². The third kappa shape index (κ3) is 5.01. The molecule has 12 aromatic rings. The van der Waals surface area contributed by atoms with Crippen molar-refractivity contribution in [1.29, 1.82) is 0 Å². The fourth-order valence-electron chi connectivity index (χ4n) is 8.00. The average Bonchev–Trinajstić information content (AvgIpc) is 3.98. The summed E-state index contributed by atoms with van der Waals surface area (Å²) in [5.74, 6) is 2.35. The summed E-state index contributed by atoms with van der Waals surface area (Å²) in [6, 6.07) is 55.0. The number of nitrogens with zero attached hydrogens (tertiary/aromatic N) is 5. The lowest BCUT2D eigenvalue weighted by atomic mass is 10.0. The molecule has 0 saturated heterocycles. The summed E-state index contributed by atoms with van der Waals surface area (Å²) in [5, 5.41) is 4.94. The number of hydrogen-bond acceptors (Lipinski definition) is 8. The first kappa shape index (κ1) is 31.8. The van der Waals surface area contributed by atoms with Crippen LogP contribution in [0.1, 0.15) is 0 Å². The predicted molar refractivity (Wildman–Crippen MR) is 230 cm³/mol. The SMILES string of the molecule is c1ccc(-c2nc(-c3cccc4oc5ccccc5c34)nc(-c3cccc4oc5c(-c6nc(-c7ccccc7)nc7c6sc6ccccc67)cccc5c34)n2)cc1. The van der Waals surface area contributed by atoms with Gasteiger partial charge in [0.25, 0.3) is 0 Å². The van der Waals surface area contributed by atoms with Gasteiger partial charge in [0.05, 0.1) is 15.9 Å². The van der Waals surface area contributed by atoms with Crippen LogP contribution < -0.4 is 0 Å². The van der Waals surface area contributed by atoms with E-state index in [2.05, 4.69) is 72.8 Å². The van der Waals surface area contributed by atoms with Crippen LogP contribution >= 0.6 is 11.3 Å². The molecular formula is C49H27N5O2S. The third-order valence-corrected chi connectivity index (χ3v) is 11.7. The quantitative estimate of drug-likeness (QED) is 0.173. The summed E-state index contributed by atoms with van der Waals surface area (Å²) in [6.45, 7) is 0. The molecule has 266 valence electrons. The molecule has 0 fully saturated rings. The lowest BCUT2D eigenvalue weighted by Crippen LogP contribution is -2.00. The number of hydrogen-bond donors (Lipinski definition) is 0. The maximum absolute atomic E-state index is 6.85. The summed E-state index contributed by atoms with van der Waals surface area (Å²) >= 11 is 1.70. The van der Waals surface area contributed by atoms with Crippen molar-refractivity contribution in [1.82, 2.24) is 24.9 Å². The first-order valence-electron chi connectivity index (χ1n) is 18.7. The van der Waals surface area contributed by atoms with Crippen LogP contribution in [0, 0.1) is 0 Å². The van der Waals surface area contributed by atoms with Gasteiger partial charge in [0, 0.05) is 59.4 Å². The number of aromatic nitrogens is 5. The van der Waals surface area contributed by atoms with Gasteiger partial charge in [-0.1, -0.05) is 133 Å². The van der Waals surface area contributed by atoms with Crippen molar-refractivity contribution < 1.29 is 8.83 Å². The molecule has 7 nitrogen and oxygen atoms in total. The molecule has 0 N–H and O–H groups in total. The molecule has 0 radical (unpaired) electrons. The van der Waals surface area contributed by atoms with Crippen molar-refractivity contribution in [3.05, 3.63) is 164 Å². The molecule has 57 heavy (non-hydrogen) atoms. The van der Waals surface area contributed by atoms with E-state index in [0.29, 0.717) is 23.3 Å². The number of thiophene rings is 1. The van der Waals surface area contributed by atoms with Gasteiger partial charge in [-0.3, -0.25) is 0 Å². The second kappa shape index (κ2) is 12.5. The van der Waals surface area contributed by atoms with E-state index < -0.39 is 0 Å². The second-order valence-electron chi connectivity index (χ2n) is 14.0. The monoisotopic (exact) mass is 749 g/mol. The Labute approximate surface area is 328 Å². The number of benzene rings is 7. The Morgan fingerprint density at radius 3 is 1.63 bits per heavy atom. The molecule has 5 heterocycles. The minimum Gasteiger partial charge on any atom is -0.456 e. The summed E-state index contributed by atoms with van der Waals surface area (Å²) in [7, 11) is 0. The van der Waals surface area contributed by atoms with Gasteiger partial charge >= 0.3 is 0 Å². The highest BCUT2D eigenvalue weighted by Gasteiger charge is 2.24. The summed E-state index contributed by atoms with van der Waals surface area (Å²) in [4.78, 5) is 25.9. The molecule has 0 aliphatic carbocycles. The Morgan fingerprint density at radius 2 is 0.895 bits per heavy atom. The number of rotatable bonds is 5. The van der Waals surface area contributed by atoms with E-state index in [0.717, 1.165) is 97.7 Å². The van der Waals surface area contributed by atoms with E-state index in [1.54, 1.807) is 11.3 Å². The number of para-hydroxylation sites is 2. The minimum atomic E-state index is 0.544. The molecule has 0 amide bonds. The second-order valence-corrected chi connectivity index (χ2v) is 15.0. The molecule has 5 aromatic heterocycles. The third-order valence-electron chi connectivity index (χ3n) is 10.6. The molecule has 0 spiro atoms. The smallest absolute Gasteiger partial charge is 0.164 e. The lowest BCUT2D eigenvalue weighted by molar-refractivity contribution is 0.669. The van der Waals surface area contributed by atoms with Gasteiger partial charge in [-0.05, 0) is 30.3 Å². The van der Waals surface area contributed by atoms with Crippen LogP contribution in [0.15, 0.2) is 173 Å². The minimum absolute atomic E-state index is 0.544. The molecular weight excluding hydrogens is 723 g/mol. The van der Waals surface area contributed by atoms with Crippen molar-refractivity contribution in [3.8, 4) is 56.8 Å². The molecule has 0 aliphatic rings. The van der Waals surface area contributed by atoms with E-state index >= 15 is 0 Å². The van der Waals surface area contributed by atoms with E-state index in [9.17, 15) is 0 Å². The summed E-state index contributed by atoms with van der Waals surface area (Å²) < 4.78 is 15.3. The largest absolute Gasteiger partial charge is 0.456 e. The van der Waals surface area contributed by atoms with E-state index in [4.69, 9.17) is 33.8 Å². The Kier molecular flexibility index (Phi) is 6.96. The van der Waals surface area contributed by atoms with Crippen LogP contribution in [0.5, 0.6) is 0 Å². The maximum Gasteiger partial charge on any atom is 0.164 e. The fraction of sp³-hybridized carbons (Fsp3) is 0. The molecule has 12 rings (SSSR count). The Balaban J connectivity index is 1.11. The van der Waals surface area contributed by atoms with Gasteiger partial charge in [0.2, 0.25) is 0 Å². The fourth-order valence-corrected chi connectivity index (χ4v) is 9.15. The Morgan fingerprint density at radius 1 is 0.368 bits per heavy atom. The van der Waals surface area contributed by atoms with Crippen LogP contribution in [0.3, 0.4) is 0 Å². The zero-order valence-corrected chi connectivity index (χ0v) is 30.9. The van der Waals surface area contributed by atoms with Gasteiger partial charge in [0.15, 0.2) is 23.3 Å². The van der Waals surface area contributed by atoms with Gasteiger partial charge < -0.3 is 8.83 Å². The van der Waals surface area contributed by atoms with Gasteiger partial charge in [-0.15, -0.1) is 11.3 Å². The highest BCUT2D eigenvalue weighted by Crippen LogP contribution is 2.45. The van der Waals surface area contributed by atoms with Crippen LogP contribution in [0.25, 0.3) is 121 Å². The highest BCUT2D eigenvalue weighted by atomic mass is 32.1. The molecule has 0 atom stereocenters. The van der Waals surface area contributed by atoms with Gasteiger partial charge in [-0.2, -0.15) is 0 Å². The number of furan rings is 2. The predicted octanol–water partition coefficient (Wildman–Crippen LogP) is 13.2. The first-order chi connectivity index (χ1) is 28.2. The standard InChI is InChI=1S/C49H27N5O2S/c1-3-14-28(15-4-1)46-50-42-31-19-8-10-27-39(31)57-45(42)43(51-46)35-23-11-20-32-41-34(22-13-26-38(41)56-44(32)35)49-53-47(29-16-5-2-6-17-29)52-48(54-49)33-21-12-25-37-40(33)30-18-7-9-24-36(30)55-37/h1-27H. The normalized spacial score (nSPS) is 11.9. The molecule has 8 heteroatoms. The molecule has 0 unspecified atom stereocenters. The zero-order chi connectivity index (χ0) is 37.5. The van der Waals surface area contributed by atoms with E-state index in [1.807, 2.05) is 91.0 Å². The highest BCUT2D eigenvalue weighted by molar-refractivity contribution is 7.26. The topological polar surface area (TPSA) is 90.7 Å². The Hall–Kier alpha value is -7.55. The van der Waals surface area contributed by atoms with Crippen molar-refractivity contribution in [3.63, 3.8) is 0 Å². The number of fused-ring (bicyclic) bond motifs is 9. The molecule has 0 aliphatic heterocycles. The zero-order valence-electron chi connectivity index (χ0n) is 30.0. The average molecular weight is 750 g/mol. The van der Waals surface area contributed by atoms with Crippen molar-refractivity contribution >= 4 is 75.5 Å². The van der Waals surface area contributed by atoms with Crippen LogP contribution in [-0.2, 0) is 0 Å². The van der Waals surface area contributed by atoms with Crippen molar-refractivity contribution in [2.45, 2.75) is 0 Å². The lowest BCUT2D eigenvalue weighted by Gasteiger charge is -2.10. The van der Waals surface area contributed by atoms with Crippen LogP contribution in [0.4, 0.5) is 0 Å². The van der Waals surface area contributed by atoms with E-state index in [-0.39, 0.29) is 0 Å². The Bertz CT molecular complexity index is 3540. The first-order valence-corrected chi connectivity index (χ1v) is 19.5. The van der Waals surface area contributed by atoms with Gasteiger partial charge in [-0.25, -0.2) is 24.9 Å². The van der Waals surface area contributed by atoms with E-state index in [1.165, 1.54) is 0 Å². The van der Waals surface area contributed by atoms with Gasteiger partial charge in [0.1, 0.15) is 22.3 Å². The maximum atomic E-state index is 6.85. The molecule has 0 bridgehead atoms.